The van der Waals surface area contributed by atoms with Gasteiger partial charge in [0, 0.05) is 35.4 Å². The third kappa shape index (κ3) is 2.86. The molecule has 6 heteroatoms. The van der Waals surface area contributed by atoms with Crippen LogP contribution in [0.5, 0.6) is 0 Å². The molecule has 0 aliphatic heterocycles. The molecule has 0 radical (unpaired) electrons. The van der Waals surface area contributed by atoms with Crippen molar-refractivity contribution in [2.45, 2.75) is 12.8 Å². The summed E-state index contributed by atoms with van der Waals surface area (Å²) in [6, 6.07) is 8.60. The van der Waals surface area contributed by atoms with Crippen LogP contribution in [0.3, 0.4) is 0 Å². The lowest BCUT2D eigenvalue weighted by Crippen LogP contribution is -1.98. The number of nitrogens with zero attached hydrogens (tertiary/aromatic N) is 5. The first-order valence-electron chi connectivity index (χ1n) is 7.63. The minimum Gasteiger partial charge on any atom is -0.244 e. The molecule has 0 aliphatic carbocycles. The second kappa shape index (κ2) is 6.16. The number of hydrogen-bond donors (Lipinski definition) is 0. The quantitative estimate of drug-likeness (QED) is 0.580. The highest BCUT2D eigenvalue weighted by molar-refractivity contribution is 5.75. The summed E-state index contributed by atoms with van der Waals surface area (Å²) in [5.74, 6) is -0.210. The molecule has 0 saturated heterocycles. The average Bonchev–Trinajstić information content (AvgIpc) is 3.04. The summed E-state index contributed by atoms with van der Waals surface area (Å²) >= 11 is 0. The molecule has 0 atom stereocenters. The van der Waals surface area contributed by atoms with Gasteiger partial charge in [-0.15, -0.1) is 0 Å². The summed E-state index contributed by atoms with van der Waals surface area (Å²) in [5.41, 5.74) is 4.43. The van der Waals surface area contributed by atoms with Gasteiger partial charge in [-0.1, -0.05) is 12.1 Å². The first kappa shape index (κ1) is 14.4. The van der Waals surface area contributed by atoms with Gasteiger partial charge < -0.3 is 0 Å². The Kier molecular flexibility index (Phi) is 3.70. The van der Waals surface area contributed by atoms with Crippen molar-refractivity contribution < 1.29 is 4.39 Å². The van der Waals surface area contributed by atoms with Gasteiger partial charge in [0.15, 0.2) is 5.65 Å². The van der Waals surface area contributed by atoms with E-state index >= 15 is 0 Å². The standard InChI is InChI=1S/C18H14FN5/c19-15-3-1-2-13(8-15)4-5-16-6-7-24-18(23-16)17(11-22-24)14-9-20-12-21-10-14/h1-3,6-12H,4-5H2. The Morgan fingerprint density at radius 2 is 1.88 bits per heavy atom. The van der Waals surface area contributed by atoms with Crippen molar-refractivity contribution in [2.75, 3.05) is 0 Å². The van der Waals surface area contributed by atoms with Crippen LogP contribution in [0.15, 0.2) is 61.4 Å². The van der Waals surface area contributed by atoms with Crippen molar-refractivity contribution in [1.29, 1.82) is 0 Å². The molecule has 0 fully saturated rings. The van der Waals surface area contributed by atoms with Crippen LogP contribution in [0.2, 0.25) is 0 Å². The Bertz CT molecular complexity index is 981. The van der Waals surface area contributed by atoms with Gasteiger partial charge in [-0.05, 0) is 36.6 Å². The molecule has 0 saturated carbocycles. The van der Waals surface area contributed by atoms with E-state index in [1.54, 1.807) is 35.2 Å². The van der Waals surface area contributed by atoms with E-state index in [0.29, 0.717) is 0 Å². The molecule has 4 rings (SSSR count). The van der Waals surface area contributed by atoms with Gasteiger partial charge in [-0.3, -0.25) is 0 Å². The minimum absolute atomic E-state index is 0.210. The molecular formula is C18H14FN5. The highest BCUT2D eigenvalue weighted by Gasteiger charge is 2.09. The third-order valence-corrected chi connectivity index (χ3v) is 3.86. The molecule has 0 aliphatic rings. The van der Waals surface area contributed by atoms with Gasteiger partial charge in [-0.25, -0.2) is 23.9 Å². The van der Waals surface area contributed by atoms with Crippen molar-refractivity contribution in [3.05, 3.63) is 78.5 Å². The van der Waals surface area contributed by atoms with E-state index in [0.717, 1.165) is 40.9 Å². The largest absolute Gasteiger partial charge is 0.244 e. The van der Waals surface area contributed by atoms with Crippen molar-refractivity contribution in [2.24, 2.45) is 0 Å². The van der Waals surface area contributed by atoms with Crippen LogP contribution in [-0.2, 0) is 12.8 Å². The molecule has 0 bridgehead atoms. The van der Waals surface area contributed by atoms with Gasteiger partial charge in [0.1, 0.15) is 12.1 Å². The zero-order chi connectivity index (χ0) is 16.4. The molecule has 3 heterocycles. The molecule has 24 heavy (non-hydrogen) atoms. The monoisotopic (exact) mass is 319 g/mol. The van der Waals surface area contributed by atoms with Crippen molar-refractivity contribution in [1.82, 2.24) is 24.6 Å². The minimum atomic E-state index is -0.210. The fraction of sp³-hybridized carbons (Fsp3) is 0.111. The first-order valence-corrected chi connectivity index (χ1v) is 7.63. The van der Waals surface area contributed by atoms with Crippen LogP contribution in [0.4, 0.5) is 4.39 Å². The summed E-state index contributed by atoms with van der Waals surface area (Å²) in [5, 5.41) is 4.32. The van der Waals surface area contributed by atoms with Crippen LogP contribution in [0.25, 0.3) is 16.8 Å². The molecule has 3 aromatic heterocycles. The van der Waals surface area contributed by atoms with E-state index in [-0.39, 0.29) is 5.82 Å². The van der Waals surface area contributed by atoms with E-state index in [2.05, 4.69) is 15.1 Å². The van der Waals surface area contributed by atoms with Gasteiger partial charge in [0.05, 0.1) is 6.20 Å². The summed E-state index contributed by atoms with van der Waals surface area (Å²) in [4.78, 5) is 12.8. The topological polar surface area (TPSA) is 56.0 Å². The van der Waals surface area contributed by atoms with Crippen LogP contribution >= 0.6 is 0 Å². The van der Waals surface area contributed by atoms with Gasteiger partial charge in [0.2, 0.25) is 0 Å². The third-order valence-electron chi connectivity index (χ3n) is 3.86. The predicted molar refractivity (Wildman–Crippen MR) is 87.8 cm³/mol. The molecular weight excluding hydrogens is 305 g/mol. The number of rotatable bonds is 4. The SMILES string of the molecule is Fc1cccc(CCc2ccn3ncc(-c4cncnc4)c3n2)c1. The fourth-order valence-corrected chi connectivity index (χ4v) is 2.65. The first-order chi connectivity index (χ1) is 11.8. The van der Waals surface area contributed by atoms with E-state index < -0.39 is 0 Å². The van der Waals surface area contributed by atoms with Gasteiger partial charge >= 0.3 is 0 Å². The summed E-state index contributed by atoms with van der Waals surface area (Å²) in [7, 11) is 0. The lowest BCUT2D eigenvalue weighted by molar-refractivity contribution is 0.625. The Labute approximate surface area is 137 Å². The Morgan fingerprint density at radius 1 is 1.00 bits per heavy atom. The summed E-state index contributed by atoms with van der Waals surface area (Å²) in [6.07, 6.45) is 10.1. The number of fused-ring (bicyclic) bond motifs is 1. The van der Waals surface area contributed by atoms with Crippen molar-refractivity contribution in [3.63, 3.8) is 0 Å². The number of hydrogen-bond acceptors (Lipinski definition) is 4. The number of benzene rings is 1. The van der Waals surface area contributed by atoms with E-state index in [1.807, 2.05) is 18.3 Å². The van der Waals surface area contributed by atoms with E-state index in [9.17, 15) is 4.39 Å². The number of aromatic nitrogens is 5. The fourth-order valence-electron chi connectivity index (χ4n) is 2.65. The van der Waals surface area contributed by atoms with Crippen LogP contribution in [-0.4, -0.2) is 24.6 Å². The number of aryl methyl sites for hydroxylation is 2. The van der Waals surface area contributed by atoms with Crippen molar-refractivity contribution >= 4 is 5.65 Å². The maximum absolute atomic E-state index is 13.3. The average molecular weight is 319 g/mol. The molecule has 0 N–H and O–H groups in total. The molecule has 0 amide bonds. The van der Waals surface area contributed by atoms with Crippen LogP contribution < -0.4 is 0 Å². The highest BCUT2D eigenvalue weighted by atomic mass is 19.1. The Balaban J connectivity index is 1.63. The lowest BCUT2D eigenvalue weighted by atomic mass is 10.1. The molecule has 0 spiro atoms. The molecule has 1 aromatic carbocycles. The second-order valence-corrected chi connectivity index (χ2v) is 5.50. The van der Waals surface area contributed by atoms with E-state index in [4.69, 9.17) is 4.98 Å². The lowest BCUT2D eigenvalue weighted by Gasteiger charge is -2.04. The second-order valence-electron chi connectivity index (χ2n) is 5.50. The van der Waals surface area contributed by atoms with Crippen molar-refractivity contribution in [3.8, 4) is 11.1 Å². The molecule has 0 unspecified atom stereocenters. The van der Waals surface area contributed by atoms with Crippen LogP contribution in [0.1, 0.15) is 11.3 Å². The Morgan fingerprint density at radius 3 is 2.71 bits per heavy atom. The maximum Gasteiger partial charge on any atom is 0.163 e. The molecule has 5 nitrogen and oxygen atoms in total. The molecule has 118 valence electrons. The van der Waals surface area contributed by atoms with Gasteiger partial charge in [-0.2, -0.15) is 5.10 Å². The highest BCUT2D eigenvalue weighted by Crippen LogP contribution is 2.21. The predicted octanol–water partition coefficient (Wildman–Crippen LogP) is 3.11. The smallest absolute Gasteiger partial charge is 0.163 e. The van der Waals surface area contributed by atoms with Crippen LogP contribution in [0, 0.1) is 5.82 Å². The molecule has 4 aromatic rings. The number of halogens is 1. The zero-order valence-corrected chi connectivity index (χ0v) is 12.8. The van der Waals surface area contributed by atoms with Gasteiger partial charge in [0.25, 0.3) is 0 Å². The van der Waals surface area contributed by atoms with E-state index in [1.165, 1.54) is 12.4 Å². The summed E-state index contributed by atoms with van der Waals surface area (Å²) < 4.78 is 15.0. The normalized spacial score (nSPS) is 11.0. The summed E-state index contributed by atoms with van der Waals surface area (Å²) in [6.45, 7) is 0. The Hall–Kier alpha value is -3.15. The maximum atomic E-state index is 13.3. The zero-order valence-electron chi connectivity index (χ0n) is 12.8.